The molecule has 1 unspecified atom stereocenters. The smallest absolute Gasteiger partial charge is 0.248 e. The molecule has 3 rings (SSSR count). The monoisotopic (exact) mass is 281 g/mol. The number of aromatic nitrogens is 1. The number of nitrogens with zero attached hydrogens (tertiary/aromatic N) is 2. The number of nitrogens with one attached hydrogen (secondary N) is 1. The summed E-state index contributed by atoms with van der Waals surface area (Å²) >= 11 is 0. The molecule has 2 heterocycles. The number of rotatable bonds is 4. The van der Waals surface area contributed by atoms with E-state index in [1.165, 1.54) is 0 Å². The number of anilines is 1. The van der Waals surface area contributed by atoms with Gasteiger partial charge in [0, 0.05) is 38.2 Å². The highest BCUT2D eigenvalue weighted by Crippen LogP contribution is 2.41. The Morgan fingerprint density at radius 1 is 1.40 bits per heavy atom. The van der Waals surface area contributed by atoms with Gasteiger partial charge in [-0.05, 0) is 37.4 Å². The maximum atomic E-state index is 12.8. The average Bonchev–Trinajstić information content (AvgIpc) is 2.44. The van der Waals surface area contributed by atoms with Gasteiger partial charge in [0.15, 0.2) is 0 Å². The van der Waals surface area contributed by atoms with Gasteiger partial charge in [-0.15, -0.1) is 0 Å². The molecule has 1 N–H and O–H groups in total. The van der Waals surface area contributed by atoms with E-state index in [0.717, 1.165) is 38.2 Å². The summed E-state index contributed by atoms with van der Waals surface area (Å²) in [6, 6.07) is 4.42. The Morgan fingerprint density at radius 3 is 2.95 bits per heavy atom. The average molecular weight is 281 g/mol. The van der Waals surface area contributed by atoms with Crippen LogP contribution in [0.1, 0.15) is 25.7 Å². The summed E-state index contributed by atoms with van der Waals surface area (Å²) in [5.74, 6) is -2.25. The Kier molecular flexibility index (Phi) is 3.87. The fourth-order valence-electron chi connectivity index (χ4n) is 3.18. The third-order valence-corrected chi connectivity index (χ3v) is 4.30. The first kappa shape index (κ1) is 13.7. The fourth-order valence-corrected chi connectivity index (χ4v) is 3.18. The van der Waals surface area contributed by atoms with Gasteiger partial charge in [-0.2, -0.15) is 0 Å². The van der Waals surface area contributed by atoms with E-state index in [0.29, 0.717) is 6.04 Å². The van der Waals surface area contributed by atoms with Gasteiger partial charge in [-0.25, -0.2) is 8.78 Å². The lowest BCUT2D eigenvalue weighted by Crippen LogP contribution is -2.49. The van der Waals surface area contributed by atoms with Crippen LogP contribution in [0.15, 0.2) is 24.5 Å². The van der Waals surface area contributed by atoms with Crippen molar-refractivity contribution in [3.63, 3.8) is 0 Å². The van der Waals surface area contributed by atoms with Crippen LogP contribution in [-0.2, 0) is 0 Å². The van der Waals surface area contributed by atoms with Crippen molar-refractivity contribution in [2.45, 2.75) is 37.6 Å². The Labute approximate surface area is 118 Å². The van der Waals surface area contributed by atoms with E-state index in [9.17, 15) is 8.78 Å². The van der Waals surface area contributed by atoms with Crippen molar-refractivity contribution in [3.05, 3.63) is 24.5 Å². The molecule has 1 saturated carbocycles. The number of hydrogen-bond acceptors (Lipinski definition) is 3. The lowest BCUT2D eigenvalue weighted by atomic mass is 9.81. The van der Waals surface area contributed by atoms with Crippen LogP contribution in [0.25, 0.3) is 0 Å². The molecular formula is C15H21F2N3. The molecule has 2 fully saturated rings. The molecule has 1 aromatic rings. The molecule has 1 aliphatic heterocycles. The van der Waals surface area contributed by atoms with Crippen LogP contribution in [0, 0.1) is 5.92 Å². The van der Waals surface area contributed by atoms with Crippen molar-refractivity contribution >= 4 is 5.69 Å². The summed E-state index contributed by atoms with van der Waals surface area (Å²) < 4.78 is 25.6. The van der Waals surface area contributed by atoms with Crippen LogP contribution in [0.5, 0.6) is 0 Å². The van der Waals surface area contributed by atoms with Crippen LogP contribution in [0.2, 0.25) is 0 Å². The van der Waals surface area contributed by atoms with E-state index < -0.39 is 5.92 Å². The second kappa shape index (κ2) is 5.64. The molecular weight excluding hydrogens is 260 g/mol. The summed E-state index contributed by atoms with van der Waals surface area (Å²) in [6.45, 7) is 2.71. The Bertz CT molecular complexity index is 430. The van der Waals surface area contributed by atoms with Crippen molar-refractivity contribution in [2.24, 2.45) is 5.92 Å². The van der Waals surface area contributed by atoms with Crippen molar-refractivity contribution in [2.75, 3.05) is 24.5 Å². The summed E-state index contributed by atoms with van der Waals surface area (Å²) in [4.78, 5) is 6.48. The standard InChI is InChI=1S/C15H21F2N3/c16-15(17)7-12(8-15)9-19-13-3-2-6-20(11-13)14-4-1-5-18-10-14/h1,4-5,10,12-13,19H,2-3,6-9,11H2. The zero-order valence-electron chi connectivity index (χ0n) is 11.6. The number of hydrogen-bond donors (Lipinski definition) is 1. The largest absolute Gasteiger partial charge is 0.369 e. The van der Waals surface area contributed by atoms with E-state index in [4.69, 9.17) is 0 Å². The van der Waals surface area contributed by atoms with E-state index in [-0.39, 0.29) is 18.8 Å². The second-order valence-corrected chi connectivity index (χ2v) is 6.03. The summed E-state index contributed by atoms with van der Waals surface area (Å²) in [5, 5.41) is 3.47. The van der Waals surface area contributed by atoms with Crippen LogP contribution >= 0.6 is 0 Å². The molecule has 2 aliphatic rings. The Morgan fingerprint density at radius 2 is 2.25 bits per heavy atom. The van der Waals surface area contributed by atoms with Gasteiger partial charge in [-0.1, -0.05) is 0 Å². The van der Waals surface area contributed by atoms with Gasteiger partial charge >= 0.3 is 0 Å². The van der Waals surface area contributed by atoms with Gasteiger partial charge in [-0.3, -0.25) is 4.98 Å². The molecule has 0 bridgehead atoms. The van der Waals surface area contributed by atoms with Gasteiger partial charge < -0.3 is 10.2 Å². The highest BCUT2D eigenvalue weighted by Gasteiger charge is 2.44. The third kappa shape index (κ3) is 3.26. The zero-order valence-corrected chi connectivity index (χ0v) is 11.6. The van der Waals surface area contributed by atoms with Gasteiger partial charge in [0.2, 0.25) is 5.92 Å². The minimum absolute atomic E-state index is 0.0546. The van der Waals surface area contributed by atoms with Gasteiger partial charge in [0.1, 0.15) is 0 Å². The van der Waals surface area contributed by atoms with Crippen molar-refractivity contribution in [1.29, 1.82) is 0 Å². The lowest BCUT2D eigenvalue weighted by Gasteiger charge is -2.38. The molecule has 1 aromatic heterocycles. The molecule has 0 radical (unpaired) electrons. The fraction of sp³-hybridized carbons (Fsp3) is 0.667. The minimum Gasteiger partial charge on any atom is -0.369 e. The van der Waals surface area contributed by atoms with E-state index in [1.54, 1.807) is 6.20 Å². The third-order valence-electron chi connectivity index (χ3n) is 4.30. The normalized spacial score (nSPS) is 26.3. The molecule has 0 amide bonds. The van der Waals surface area contributed by atoms with E-state index in [2.05, 4.69) is 21.3 Å². The molecule has 1 aliphatic carbocycles. The van der Waals surface area contributed by atoms with Crippen molar-refractivity contribution in [1.82, 2.24) is 10.3 Å². The molecule has 1 saturated heterocycles. The summed E-state index contributed by atoms with van der Waals surface area (Å²) in [5.41, 5.74) is 1.15. The highest BCUT2D eigenvalue weighted by atomic mass is 19.3. The number of piperidine rings is 1. The molecule has 0 spiro atoms. The quantitative estimate of drug-likeness (QED) is 0.919. The zero-order chi connectivity index (χ0) is 14.0. The van der Waals surface area contributed by atoms with Crippen LogP contribution in [0.4, 0.5) is 14.5 Å². The number of alkyl halides is 2. The first-order chi connectivity index (χ1) is 9.62. The minimum atomic E-state index is -2.40. The Balaban J connectivity index is 1.47. The van der Waals surface area contributed by atoms with Crippen LogP contribution in [0.3, 0.4) is 0 Å². The van der Waals surface area contributed by atoms with Gasteiger partial charge in [0.25, 0.3) is 0 Å². The SMILES string of the molecule is FC1(F)CC(CNC2CCCN(c3cccnc3)C2)C1. The first-order valence-electron chi connectivity index (χ1n) is 7.39. The maximum absolute atomic E-state index is 12.8. The van der Waals surface area contributed by atoms with Gasteiger partial charge in [0.05, 0.1) is 11.9 Å². The molecule has 1 atom stereocenters. The second-order valence-electron chi connectivity index (χ2n) is 6.03. The van der Waals surface area contributed by atoms with Crippen molar-refractivity contribution < 1.29 is 8.78 Å². The number of pyridine rings is 1. The molecule has 3 nitrogen and oxygen atoms in total. The van der Waals surface area contributed by atoms with Crippen molar-refractivity contribution in [3.8, 4) is 0 Å². The molecule has 0 aromatic carbocycles. The molecule has 20 heavy (non-hydrogen) atoms. The summed E-state index contributed by atoms with van der Waals surface area (Å²) in [6.07, 6.45) is 6.03. The van der Waals surface area contributed by atoms with Crippen LogP contribution < -0.4 is 10.2 Å². The Hall–Kier alpha value is -1.23. The lowest BCUT2D eigenvalue weighted by molar-refractivity contribution is -0.109. The highest BCUT2D eigenvalue weighted by molar-refractivity contribution is 5.44. The predicted octanol–water partition coefficient (Wildman–Crippen LogP) is 2.69. The summed E-state index contributed by atoms with van der Waals surface area (Å²) in [7, 11) is 0. The topological polar surface area (TPSA) is 28.2 Å². The first-order valence-corrected chi connectivity index (χ1v) is 7.39. The maximum Gasteiger partial charge on any atom is 0.248 e. The predicted molar refractivity (Wildman–Crippen MR) is 75.1 cm³/mol. The van der Waals surface area contributed by atoms with E-state index in [1.807, 2.05) is 12.3 Å². The molecule has 5 heteroatoms. The molecule has 110 valence electrons. The van der Waals surface area contributed by atoms with Crippen LogP contribution in [-0.4, -0.2) is 36.6 Å². The number of halogens is 2. The van der Waals surface area contributed by atoms with E-state index >= 15 is 0 Å².